The van der Waals surface area contributed by atoms with Gasteiger partial charge in [-0.15, -0.1) is 0 Å². The third kappa shape index (κ3) is 4.52. The summed E-state index contributed by atoms with van der Waals surface area (Å²) in [6, 6.07) is 5.75. The molecule has 2 N–H and O–H groups in total. The number of carbonyl (C=O) groups is 3. The highest BCUT2D eigenvalue weighted by Crippen LogP contribution is 2.39. The van der Waals surface area contributed by atoms with Gasteiger partial charge in [-0.25, -0.2) is 14.6 Å². The van der Waals surface area contributed by atoms with Crippen LogP contribution in [0, 0.1) is 11.8 Å². The molecule has 3 atom stereocenters. The Kier molecular flexibility index (Phi) is 6.85. The summed E-state index contributed by atoms with van der Waals surface area (Å²) in [6.45, 7) is 4.86. The number of piperidine rings is 1. The average Bonchev–Trinajstić information content (AvgIpc) is 3.41. The van der Waals surface area contributed by atoms with E-state index in [4.69, 9.17) is 16.3 Å². The van der Waals surface area contributed by atoms with Crippen molar-refractivity contribution in [1.29, 1.82) is 0 Å². The number of pyridine rings is 1. The molecule has 11 heteroatoms. The zero-order chi connectivity index (χ0) is 29.1. The number of hydrogen-bond donors (Lipinski definition) is 2. The van der Waals surface area contributed by atoms with Crippen molar-refractivity contribution in [3.05, 3.63) is 51.8 Å². The van der Waals surface area contributed by atoms with E-state index in [9.17, 15) is 19.5 Å². The van der Waals surface area contributed by atoms with Gasteiger partial charge < -0.3 is 24.6 Å². The summed E-state index contributed by atoms with van der Waals surface area (Å²) in [5.41, 5.74) is 6.54. The number of carbonyl (C=O) groups excluding carboxylic acids is 2. The first kappa shape index (κ1) is 27.2. The zero-order valence-electron chi connectivity index (χ0n) is 23.6. The Morgan fingerprint density at radius 2 is 1.90 bits per heavy atom. The first-order valence-corrected chi connectivity index (χ1v) is 15.2. The highest BCUT2D eigenvalue weighted by molar-refractivity contribution is 6.31. The Morgan fingerprint density at radius 3 is 2.64 bits per heavy atom. The molecule has 7 rings (SSSR count). The largest absolute Gasteiger partial charge is 0.465 e. The summed E-state index contributed by atoms with van der Waals surface area (Å²) >= 11 is 6.43. The second-order valence-electron chi connectivity index (χ2n) is 11.9. The van der Waals surface area contributed by atoms with Gasteiger partial charge in [0, 0.05) is 61.7 Å². The number of halogens is 1. The third-order valence-electron chi connectivity index (χ3n) is 9.59. The van der Waals surface area contributed by atoms with Crippen LogP contribution in [0.3, 0.4) is 0 Å². The molecule has 4 aliphatic rings. The number of aromatic amines is 1. The predicted molar refractivity (Wildman–Crippen MR) is 157 cm³/mol. The van der Waals surface area contributed by atoms with Crippen molar-refractivity contribution in [2.45, 2.75) is 45.2 Å². The van der Waals surface area contributed by atoms with Gasteiger partial charge in [-0.2, -0.15) is 0 Å². The summed E-state index contributed by atoms with van der Waals surface area (Å²) < 4.78 is 5.80. The standard InChI is InChI=1S/C31H34ClN5O5/c1-2-22-24-11-21(12-33-29(24)34-28(22)32)20-9-17-5-6-35(30(39)36-13-18-3-4-19(14-36)27(18)38)15-25(17)23(10-20)26-16-42-8-7-37(26)31(40)41/h9-12,18-19,26H,2-8,13-16H2,1H3,(H,33,34)(H,40,41)/t18?,19?,26-/m0/s1. The van der Waals surface area contributed by atoms with Gasteiger partial charge in [-0.05, 0) is 65.6 Å². The number of rotatable bonds is 3. The monoisotopic (exact) mass is 591 g/mol. The predicted octanol–water partition coefficient (Wildman–Crippen LogP) is 4.89. The second-order valence-corrected chi connectivity index (χ2v) is 12.3. The maximum atomic E-state index is 13.7. The Labute approximate surface area is 248 Å². The van der Waals surface area contributed by atoms with Crippen molar-refractivity contribution in [3.8, 4) is 11.1 Å². The van der Waals surface area contributed by atoms with Crippen LogP contribution < -0.4 is 0 Å². The molecule has 0 spiro atoms. The maximum Gasteiger partial charge on any atom is 0.407 e. The Hall–Kier alpha value is -3.63. The number of hydrogen-bond acceptors (Lipinski definition) is 5. The van der Waals surface area contributed by atoms with Crippen molar-refractivity contribution < 1.29 is 24.2 Å². The molecule has 2 saturated heterocycles. The number of fused-ring (bicyclic) bond motifs is 4. The number of carboxylic acid groups (broad SMARTS) is 1. The van der Waals surface area contributed by atoms with Gasteiger partial charge in [0.2, 0.25) is 0 Å². The number of amides is 3. The lowest BCUT2D eigenvalue weighted by Gasteiger charge is -2.40. The zero-order valence-corrected chi connectivity index (χ0v) is 24.3. The van der Waals surface area contributed by atoms with Gasteiger partial charge in [-0.3, -0.25) is 9.69 Å². The number of aryl methyl sites for hydroxylation is 1. The molecular weight excluding hydrogens is 558 g/mol. The summed E-state index contributed by atoms with van der Waals surface area (Å²) in [7, 11) is 0. The van der Waals surface area contributed by atoms with E-state index in [2.05, 4.69) is 29.0 Å². The number of nitrogens with one attached hydrogen (secondary N) is 1. The average molecular weight is 592 g/mol. The van der Waals surface area contributed by atoms with Crippen molar-refractivity contribution >= 4 is 40.5 Å². The number of urea groups is 1. The molecule has 2 aromatic heterocycles. The van der Waals surface area contributed by atoms with Crippen LogP contribution in [0.2, 0.25) is 5.15 Å². The van der Waals surface area contributed by atoms with E-state index in [1.165, 1.54) is 4.90 Å². The maximum absolute atomic E-state index is 13.7. The van der Waals surface area contributed by atoms with E-state index in [1.807, 2.05) is 22.1 Å². The molecule has 1 aliphatic carbocycles. The topological polar surface area (TPSA) is 119 Å². The Balaban J connectivity index is 1.27. The number of benzene rings is 1. The highest BCUT2D eigenvalue weighted by atomic mass is 35.5. The molecular formula is C31H34ClN5O5. The number of morpholine rings is 1. The lowest BCUT2D eigenvalue weighted by Crippen LogP contribution is -2.52. The Bertz CT molecular complexity index is 1590. The molecule has 3 fully saturated rings. The van der Waals surface area contributed by atoms with Crippen LogP contribution in [0.1, 0.15) is 48.1 Å². The molecule has 42 heavy (non-hydrogen) atoms. The molecule has 3 amide bonds. The fraction of sp³-hybridized carbons (Fsp3) is 0.484. The minimum atomic E-state index is -0.989. The lowest BCUT2D eigenvalue weighted by molar-refractivity contribution is -0.126. The van der Waals surface area contributed by atoms with Crippen molar-refractivity contribution in [2.75, 3.05) is 39.4 Å². The van der Waals surface area contributed by atoms with Gasteiger partial charge >= 0.3 is 12.1 Å². The van der Waals surface area contributed by atoms with E-state index < -0.39 is 12.1 Å². The number of ketones is 1. The fourth-order valence-electron chi connectivity index (χ4n) is 7.36. The number of aromatic nitrogens is 2. The molecule has 3 aliphatic heterocycles. The molecule has 5 heterocycles. The number of ether oxygens (including phenoxy) is 1. The van der Waals surface area contributed by atoms with E-state index in [1.54, 1.807) is 0 Å². The first-order chi connectivity index (χ1) is 20.3. The van der Waals surface area contributed by atoms with Crippen LogP contribution in [0.5, 0.6) is 0 Å². The lowest BCUT2D eigenvalue weighted by atomic mass is 9.87. The second kappa shape index (κ2) is 10.6. The van der Waals surface area contributed by atoms with Gasteiger partial charge in [0.05, 0.1) is 19.3 Å². The SMILES string of the molecule is CCc1c(Cl)[nH]c2ncc(-c3cc4c(c([C@@H]5COCCN5C(=O)O)c3)CN(C(=O)N3CC5CCC(C3)C5=O)CC4)cc12. The van der Waals surface area contributed by atoms with Crippen LogP contribution in [-0.4, -0.2) is 87.1 Å². The smallest absolute Gasteiger partial charge is 0.407 e. The van der Waals surface area contributed by atoms with E-state index in [0.717, 1.165) is 63.7 Å². The van der Waals surface area contributed by atoms with Gasteiger partial charge in [0.25, 0.3) is 0 Å². The molecule has 220 valence electrons. The molecule has 2 bridgehead atoms. The van der Waals surface area contributed by atoms with Crippen LogP contribution in [-0.2, 0) is 28.9 Å². The molecule has 10 nitrogen and oxygen atoms in total. The van der Waals surface area contributed by atoms with Crippen LogP contribution in [0.25, 0.3) is 22.2 Å². The Morgan fingerprint density at radius 1 is 1.12 bits per heavy atom. The van der Waals surface area contributed by atoms with Gasteiger partial charge in [0.15, 0.2) is 0 Å². The van der Waals surface area contributed by atoms with E-state index >= 15 is 0 Å². The molecule has 3 aromatic rings. The minimum absolute atomic E-state index is 0.0406. The first-order valence-electron chi connectivity index (χ1n) is 14.8. The summed E-state index contributed by atoms with van der Waals surface area (Å²) in [5, 5.41) is 11.6. The van der Waals surface area contributed by atoms with Crippen molar-refractivity contribution in [3.63, 3.8) is 0 Å². The van der Waals surface area contributed by atoms with Crippen LogP contribution in [0.15, 0.2) is 24.4 Å². The minimum Gasteiger partial charge on any atom is -0.465 e. The fourth-order valence-corrected chi connectivity index (χ4v) is 7.68. The number of Topliss-reactive ketones (excluding diaryl/α,β-unsaturated/α-hetero) is 1. The van der Waals surface area contributed by atoms with Crippen LogP contribution in [0.4, 0.5) is 9.59 Å². The third-order valence-corrected chi connectivity index (χ3v) is 9.92. The number of nitrogens with zero attached hydrogens (tertiary/aromatic N) is 4. The van der Waals surface area contributed by atoms with Gasteiger partial charge in [-0.1, -0.05) is 24.6 Å². The number of H-pyrrole nitrogens is 1. The molecule has 2 unspecified atom stereocenters. The summed E-state index contributed by atoms with van der Waals surface area (Å²) in [5.74, 6) is 0.227. The molecule has 1 saturated carbocycles. The summed E-state index contributed by atoms with van der Waals surface area (Å²) in [4.78, 5) is 51.4. The number of likely N-dealkylation sites (tertiary alicyclic amines) is 1. The van der Waals surface area contributed by atoms with Crippen molar-refractivity contribution in [1.82, 2.24) is 24.7 Å². The van der Waals surface area contributed by atoms with Gasteiger partial charge in [0.1, 0.15) is 16.6 Å². The summed E-state index contributed by atoms with van der Waals surface area (Å²) in [6.07, 6.45) is 3.97. The highest BCUT2D eigenvalue weighted by Gasteiger charge is 2.43. The normalized spacial score (nSPS) is 23.9. The van der Waals surface area contributed by atoms with E-state index in [0.29, 0.717) is 50.1 Å². The van der Waals surface area contributed by atoms with E-state index in [-0.39, 0.29) is 31.0 Å². The molecule has 0 radical (unpaired) electrons. The molecule has 1 aromatic carbocycles. The van der Waals surface area contributed by atoms with Crippen LogP contribution >= 0.6 is 11.6 Å². The quantitative estimate of drug-likeness (QED) is 0.448. The van der Waals surface area contributed by atoms with Crippen molar-refractivity contribution in [2.24, 2.45) is 11.8 Å².